The number of ether oxygens (including phenoxy) is 1. The molecular weight excluding hydrogens is 484 g/mol. The second-order valence-corrected chi connectivity index (χ2v) is 10.3. The molecule has 4 heterocycles. The number of carbonyl (C=O) groups is 1. The molecule has 1 fully saturated rings. The fourth-order valence-corrected chi connectivity index (χ4v) is 5.86. The number of piperidine rings is 1. The maximum absolute atomic E-state index is 13.6. The minimum absolute atomic E-state index is 0.0439. The van der Waals surface area contributed by atoms with E-state index in [4.69, 9.17) is 10.5 Å². The zero-order valence-corrected chi connectivity index (χ0v) is 21.1. The van der Waals surface area contributed by atoms with E-state index in [9.17, 15) is 13.6 Å². The highest BCUT2D eigenvalue weighted by atomic mass is 32.1. The number of hydrogen-bond donors (Lipinski definition) is 3. The van der Waals surface area contributed by atoms with Crippen LogP contribution < -0.4 is 26.0 Å². The lowest BCUT2D eigenvalue weighted by atomic mass is 10.0. The fraction of sp³-hybridized carbons (Fsp3) is 0.385. The number of nitrogens with zero attached hydrogens (tertiary/aromatic N) is 2. The summed E-state index contributed by atoms with van der Waals surface area (Å²) in [6.07, 6.45) is 2.32. The number of alkyl halides is 2. The number of nitrogens with one attached hydrogen (secondary N) is 2. The number of rotatable bonds is 5. The Bertz CT molecular complexity index is 1330. The van der Waals surface area contributed by atoms with E-state index in [1.165, 1.54) is 11.6 Å². The van der Waals surface area contributed by atoms with Crippen molar-refractivity contribution >= 4 is 38.8 Å². The van der Waals surface area contributed by atoms with Gasteiger partial charge in [-0.1, -0.05) is 6.07 Å². The third-order valence-electron chi connectivity index (χ3n) is 6.58. The van der Waals surface area contributed by atoms with Crippen LogP contribution in [0.2, 0.25) is 0 Å². The molecule has 0 aliphatic carbocycles. The summed E-state index contributed by atoms with van der Waals surface area (Å²) >= 11 is 1.03. The van der Waals surface area contributed by atoms with Crippen LogP contribution in [0.5, 0.6) is 5.75 Å². The number of pyridine rings is 1. The van der Waals surface area contributed by atoms with Gasteiger partial charge in [0.15, 0.2) is 0 Å². The predicted octanol–water partition coefficient (Wildman–Crippen LogP) is 4.56. The highest BCUT2D eigenvalue weighted by Crippen LogP contribution is 2.39. The third-order valence-corrected chi connectivity index (χ3v) is 7.68. The zero-order valence-electron chi connectivity index (χ0n) is 20.2. The Labute approximate surface area is 212 Å². The number of fused-ring (bicyclic) bond motifs is 2. The number of halogens is 2. The standard InChI is InChI=1S/C26H29F2N5O2S/c1-14-8-19(24(27)28)21-22(29)23(36-26(21)31-14)25(34)32-17-9-16-5-6-18(10-20(16)35-13-17)33(2)12-15-4-3-7-30-11-15/h5-6,8,10,12,17,24,30H,3-4,7,9,11,13,29H2,1-2H3,(H,32,34)/b15-12+/t17-/m1/s1. The van der Waals surface area contributed by atoms with Crippen molar-refractivity contribution in [3.63, 3.8) is 0 Å². The van der Waals surface area contributed by atoms with Gasteiger partial charge in [0, 0.05) is 48.2 Å². The van der Waals surface area contributed by atoms with Gasteiger partial charge in [-0.05, 0) is 56.0 Å². The number of anilines is 2. The Hall–Kier alpha value is -3.24. The van der Waals surface area contributed by atoms with E-state index in [-0.39, 0.29) is 27.6 Å². The lowest BCUT2D eigenvalue weighted by molar-refractivity contribution is 0.0920. The number of hydrogen-bond acceptors (Lipinski definition) is 7. The molecule has 7 nitrogen and oxygen atoms in total. The van der Waals surface area contributed by atoms with E-state index in [1.807, 2.05) is 25.2 Å². The summed E-state index contributed by atoms with van der Waals surface area (Å²) in [4.78, 5) is 20.0. The lowest BCUT2D eigenvalue weighted by Gasteiger charge is -2.27. The first-order valence-electron chi connectivity index (χ1n) is 12.0. The minimum atomic E-state index is -2.70. The van der Waals surface area contributed by atoms with Crippen LogP contribution in [-0.2, 0) is 6.42 Å². The Kier molecular flexibility index (Phi) is 6.81. The molecule has 2 aliphatic rings. The predicted molar refractivity (Wildman–Crippen MR) is 139 cm³/mol. The van der Waals surface area contributed by atoms with Crippen molar-refractivity contribution in [1.82, 2.24) is 15.6 Å². The largest absolute Gasteiger partial charge is 0.491 e. The monoisotopic (exact) mass is 513 g/mol. The van der Waals surface area contributed by atoms with Crippen LogP contribution >= 0.6 is 11.3 Å². The number of nitrogen functional groups attached to an aromatic ring is 1. The van der Waals surface area contributed by atoms with Crippen molar-refractivity contribution < 1.29 is 18.3 Å². The van der Waals surface area contributed by atoms with Crippen LogP contribution in [0.1, 0.15) is 45.8 Å². The molecule has 1 saturated heterocycles. The summed E-state index contributed by atoms with van der Waals surface area (Å²) in [5.74, 6) is 0.391. The van der Waals surface area contributed by atoms with E-state index in [2.05, 4.69) is 26.7 Å². The molecule has 3 aromatic rings. The van der Waals surface area contributed by atoms with Crippen LogP contribution in [0.4, 0.5) is 20.2 Å². The molecule has 10 heteroatoms. The summed E-state index contributed by atoms with van der Waals surface area (Å²) in [5.41, 5.74) is 9.86. The molecule has 0 saturated carbocycles. The van der Waals surface area contributed by atoms with E-state index in [0.29, 0.717) is 23.6 Å². The Morgan fingerprint density at radius 2 is 2.22 bits per heavy atom. The van der Waals surface area contributed by atoms with Crippen molar-refractivity contribution in [1.29, 1.82) is 0 Å². The maximum Gasteiger partial charge on any atom is 0.264 e. The molecule has 0 spiro atoms. The SMILES string of the molecule is Cc1cc(C(F)F)c2c(N)c(C(=O)N[C@H]3COc4cc(N(C)/C=C5\CCCNC5)ccc4C3)sc2n1. The highest BCUT2D eigenvalue weighted by molar-refractivity contribution is 7.21. The van der Waals surface area contributed by atoms with Gasteiger partial charge in [-0.2, -0.15) is 0 Å². The van der Waals surface area contributed by atoms with E-state index in [1.54, 1.807) is 6.92 Å². The highest BCUT2D eigenvalue weighted by Gasteiger charge is 2.27. The van der Waals surface area contributed by atoms with Crippen LogP contribution in [-0.4, -0.2) is 43.7 Å². The molecule has 1 amide bonds. The Morgan fingerprint density at radius 1 is 1.39 bits per heavy atom. The normalized spacial score (nSPS) is 18.8. The maximum atomic E-state index is 13.6. The van der Waals surface area contributed by atoms with Crippen LogP contribution in [0.15, 0.2) is 36.0 Å². The topological polar surface area (TPSA) is 92.5 Å². The van der Waals surface area contributed by atoms with Crippen LogP contribution in [0, 0.1) is 6.92 Å². The minimum Gasteiger partial charge on any atom is -0.491 e. The molecule has 4 N–H and O–H groups in total. The van der Waals surface area contributed by atoms with Crippen LogP contribution in [0.25, 0.3) is 10.2 Å². The summed E-state index contributed by atoms with van der Waals surface area (Å²) in [5, 5.41) is 6.51. The van der Waals surface area contributed by atoms with Gasteiger partial charge in [-0.3, -0.25) is 4.79 Å². The smallest absolute Gasteiger partial charge is 0.264 e. The molecule has 1 atom stereocenters. The molecule has 0 radical (unpaired) electrons. The van der Waals surface area contributed by atoms with Crippen molar-refractivity contribution in [3.8, 4) is 5.75 Å². The molecule has 190 valence electrons. The van der Waals surface area contributed by atoms with Gasteiger partial charge in [0.2, 0.25) is 0 Å². The fourth-order valence-electron chi connectivity index (χ4n) is 4.78. The number of aromatic nitrogens is 1. The molecule has 2 aromatic heterocycles. The summed E-state index contributed by atoms with van der Waals surface area (Å²) in [7, 11) is 2.03. The Balaban J connectivity index is 1.29. The van der Waals surface area contributed by atoms with Crippen LogP contribution in [0.3, 0.4) is 0 Å². The van der Waals surface area contributed by atoms with E-state index in [0.717, 1.165) is 54.3 Å². The van der Waals surface area contributed by atoms with Gasteiger partial charge in [-0.15, -0.1) is 11.3 Å². The summed E-state index contributed by atoms with van der Waals surface area (Å²) in [6, 6.07) is 7.14. The zero-order chi connectivity index (χ0) is 25.4. The van der Waals surface area contributed by atoms with Crippen molar-refractivity contribution in [2.45, 2.75) is 38.7 Å². The third kappa shape index (κ3) is 4.87. The average molecular weight is 514 g/mol. The number of aryl methyl sites for hydroxylation is 1. The molecule has 0 unspecified atom stereocenters. The quantitative estimate of drug-likeness (QED) is 0.463. The van der Waals surface area contributed by atoms with Gasteiger partial charge in [0.25, 0.3) is 12.3 Å². The van der Waals surface area contributed by atoms with E-state index >= 15 is 0 Å². The van der Waals surface area contributed by atoms with Gasteiger partial charge in [-0.25, -0.2) is 13.8 Å². The molecule has 0 bridgehead atoms. The molecule has 5 rings (SSSR count). The number of nitrogens with two attached hydrogens (primary N) is 1. The second-order valence-electron chi connectivity index (χ2n) is 9.33. The molecule has 36 heavy (non-hydrogen) atoms. The number of benzene rings is 1. The van der Waals surface area contributed by atoms with Crippen molar-refractivity contribution in [2.75, 3.05) is 37.4 Å². The molecular formula is C26H29F2N5O2S. The van der Waals surface area contributed by atoms with Gasteiger partial charge in [0.05, 0.1) is 11.7 Å². The van der Waals surface area contributed by atoms with Gasteiger partial charge >= 0.3 is 0 Å². The lowest BCUT2D eigenvalue weighted by Crippen LogP contribution is -2.42. The molecule has 2 aliphatic heterocycles. The van der Waals surface area contributed by atoms with Gasteiger partial charge < -0.3 is 26.0 Å². The van der Waals surface area contributed by atoms with Crippen molar-refractivity contribution in [2.24, 2.45) is 0 Å². The van der Waals surface area contributed by atoms with Crippen molar-refractivity contribution in [3.05, 3.63) is 57.7 Å². The summed E-state index contributed by atoms with van der Waals surface area (Å²) < 4.78 is 33.1. The number of carbonyl (C=O) groups excluding carboxylic acids is 1. The van der Waals surface area contributed by atoms with Gasteiger partial charge in [0.1, 0.15) is 22.1 Å². The van der Waals surface area contributed by atoms with E-state index < -0.39 is 12.3 Å². The first kappa shape index (κ1) is 24.5. The number of thiophene rings is 1. The summed E-state index contributed by atoms with van der Waals surface area (Å²) in [6.45, 7) is 3.93. The second kappa shape index (κ2) is 10.0. The Morgan fingerprint density at radius 3 is 2.97 bits per heavy atom. The average Bonchev–Trinajstić information content (AvgIpc) is 3.19. The first-order chi connectivity index (χ1) is 17.3. The number of amides is 1. The first-order valence-corrected chi connectivity index (χ1v) is 12.8. The molecule has 1 aromatic carbocycles.